The molecule has 0 unspecified atom stereocenters. The van der Waals surface area contributed by atoms with Gasteiger partial charge in [-0.15, -0.1) is 11.8 Å². The number of aromatic nitrogens is 1. The molecule has 1 fully saturated rings. The van der Waals surface area contributed by atoms with Crippen LogP contribution in [0.4, 0.5) is 10.5 Å². The summed E-state index contributed by atoms with van der Waals surface area (Å²) in [7, 11) is 1.74. The molecule has 204 valence electrons. The van der Waals surface area contributed by atoms with E-state index in [1.807, 2.05) is 54.8 Å². The number of rotatable bonds is 9. The van der Waals surface area contributed by atoms with Crippen molar-refractivity contribution < 1.29 is 19.2 Å². The zero-order valence-corrected chi connectivity index (χ0v) is 22.6. The summed E-state index contributed by atoms with van der Waals surface area (Å²) in [6.07, 6.45) is 4.09. The molecule has 4 rings (SSSR count). The Bertz CT molecular complexity index is 1340. The van der Waals surface area contributed by atoms with Crippen molar-refractivity contribution in [3.63, 3.8) is 0 Å². The van der Waals surface area contributed by atoms with Gasteiger partial charge in [0.2, 0.25) is 11.8 Å². The molecule has 0 saturated carbocycles. The second-order valence-electron chi connectivity index (χ2n) is 9.39. The third-order valence-electron chi connectivity index (χ3n) is 6.63. The highest BCUT2D eigenvalue weighted by Crippen LogP contribution is 2.23. The van der Waals surface area contributed by atoms with Crippen molar-refractivity contribution in [2.24, 2.45) is 12.8 Å². The number of amides is 5. The maximum Gasteiger partial charge on any atom is 0.319 e. The van der Waals surface area contributed by atoms with E-state index in [0.29, 0.717) is 11.4 Å². The molecule has 2 aromatic carbocycles. The van der Waals surface area contributed by atoms with E-state index in [4.69, 9.17) is 5.73 Å². The van der Waals surface area contributed by atoms with Crippen LogP contribution >= 0.6 is 11.8 Å². The van der Waals surface area contributed by atoms with E-state index in [1.54, 1.807) is 47.8 Å². The molecule has 1 aliphatic rings. The molecule has 1 aliphatic heterocycles. The van der Waals surface area contributed by atoms with Gasteiger partial charge in [0.25, 0.3) is 5.91 Å². The van der Waals surface area contributed by atoms with Crippen LogP contribution in [0.2, 0.25) is 0 Å². The van der Waals surface area contributed by atoms with E-state index in [0.717, 1.165) is 10.5 Å². The summed E-state index contributed by atoms with van der Waals surface area (Å²) in [5, 5.41) is 8.42. The van der Waals surface area contributed by atoms with Gasteiger partial charge in [-0.1, -0.05) is 36.4 Å². The second-order valence-corrected chi connectivity index (χ2v) is 10.3. The number of carbonyl (C=O) groups excluding carboxylic acids is 4. The van der Waals surface area contributed by atoms with E-state index < -0.39 is 36.0 Å². The minimum Gasteiger partial charge on any atom is -0.368 e. The van der Waals surface area contributed by atoms with Crippen molar-refractivity contribution in [2.75, 3.05) is 18.1 Å². The number of carbonyl (C=O) groups is 4. The van der Waals surface area contributed by atoms with Gasteiger partial charge in [0.15, 0.2) is 0 Å². The van der Waals surface area contributed by atoms with Crippen molar-refractivity contribution in [3.8, 4) is 0 Å². The maximum absolute atomic E-state index is 13.5. The Kier molecular flexibility index (Phi) is 8.92. The summed E-state index contributed by atoms with van der Waals surface area (Å²) in [5.41, 5.74) is 7.48. The van der Waals surface area contributed by atoms with Gasteiger partial charge in [-0.3, -0.25) is 14.4 Å². The van der Waals surface area contributed by atoms with E-state index in [-0.39, 0.29) is 25.3 Å². The zero-order valence-electron chi connectivity index (χ0n) is 21.8. The van der Waals surface area contributed by atoms with Gasteiger partial charge in [-0.2, -0.15) is 0 Å². The predicted molar refractivity (Wildman–Crippen MR) is 150 cm³/mol. The molecule has 1 aromatic heterocycles. The van der Waals surface area contributed by atoms with Crippen LogP contribution in [-0.2, 0) is 23.1 Å². The van der Waals surface area contributed by atoms with Crippen LogP contribution in [0.1, 0.15) is 22.5 Å². The molecular formula is C28H32N6O4S. The molecule has 0 aliphatic carbocycles. The van der Waals surface area contributed by atoms with Crippen LogP contribution in [-0.4, -0.2) is 64.1 Å². The van der Waals surface area contributed by atoms with Crippen LogP contribution in [0.5, 0.6) is 0 Å². The van der Waals surface area contributed by atoms with Crippen LogP contribution in [0.15, 0.2) is 77.8 Å². The summed E-state index contributed by atoms with van der Waals surface area (Å²) in [4.78, 5) is 54.3. The lowest BCUT2D eigenvalue weighted by Crippen LogP contribution is -2.53. The van der Waals surface area contributed by atoms with Crippen LogP contribution in [0.3, 0.4) is 0 Å². The standard InChI is InChI=1S/C28H32N6O4S/c1-33-13-7-12-23(33)27(37)34-17-20(31-28(38)30-19-10-6-11-21(15-19)39-2)16-24(34)26(36)32-22(25(29)35)14-18-8-4-3-5-9-18/h3-13,15,20,22,24H,14,16-17H2,1-2H3,(H2,29,35)(H,32,36)(H2,30,31,38)/t20-,22+,24-/m0/s1. The molecule has 0 radical (unpaired) electrons. The number of likely N-dealkylation sites (tertiary alicyclic amines) is 1. The number of benzene rings is 2. The Morgan fingerprint density at radius 1 is 1.05 bits per heavy atom. The van der Waals surface area contributed by atoms with Gasteiger partial charge in [0, 0.05) is 36.8 Å². The average molecular weight is 549 g/mol. The Labute approximate surface area is 231 Å². The summed E-state index contributed by atoms with van der Waals surface area (Å²) >= 11 is 1.56. The Hall–Kier alpha value is -4.25. The first-order chi connectivity index (χ1) is 18.7. The number of hydrogen-bond donors (Lipinski definition) is 4. The lowest BCUT2D eigenvalue weighted by molar-refractivity contribution is -0.129. The molecule has 11 heteroatoms. The molecule has 10 nitrogen and oxygen atoms in total. The summed E-state index contributed by atoms with van der Waals surface area (Å²) in [6, 6.07) is 17.3. The van der Waals surface area contributed by atoms with Crippen molar-refractivity contribution in [2.45, 2.75) is 35.9 Å². The summed E-state index contributed by atoms with van der Waals surface area (Å²) in [6.45, 7) is 0.125. The Morgan fingerprint density at radius 3 is 2.49 bits per heavy atom. The van der Waals surface area contributed by atoms with Gasteiger partial charge in [-0.05, 0) is 48.6 Å². The van der Waals surface area contributed by atoms with E-state index >= 15 is 0 Å². The van der Waals surface area contributed by atoms with Crippen molar-refractivity contribution in [1.82, 2.24) is 20.1 Å². The summed E-state index contributed by atoms with van der Waals surface area (Å²) < 4.78 is 1.67. The molecular weight excluding hydrogens is 516 g/mol. The van der Waals surface area contributed by atoms with Gasteiger partial charge in [0.1, 0.15) is 17.8 Å². The maximum atomic E-state index is 13.5. The van der Waals surface area contributed by atoms with Crippen molar-refractivity contribution >= 4 is 41.2 Å². The second kappa shape index (κ2) is 12.5. The molecule has 5 amide bonds. The van der Waals surface area contributed by atoms with E-state index in [1.165, 1.54) is 4.90 Å². The smallest absolute Gasteiger partial charge is 0.319 e. The van der Waals surface area contributed by atoms with Crippen molar-refractivity contribution in [3.05, 3.63) is 84.2 Å². The first-order valence-corrected chi connectivity index (χ1v) is 13.7. The topological polar surface area (TPSA) is 139 Å². The fourth-order valence-electron chi connectivity index (χ4n) is 4.64. The van der Waals surface area contributed by atoms with Gasteiger partial charge >= 0.3 is 6.03 Å². The molecule has 5 N–H and O–H groups in total. The number of aryl methyl sites for hydroxylation is 1. The predicted octanol–water partition coefficient (Wildman–Crippen LogP) is 2.36. The fourth-order valence-corrected chi connectivity index (χ4v) is 5.10. The monoisotopic (exact) mass is 548 g/mol. The fraction of sp³-hybridized carbons (Fsp3) is 0.286. The third-order valence-corrected chi connectivity index (χ3v) is 7.36. The molecule has 2 heterocycles. The molecule has 1 saturated heterocycles. The largest absolute Gasteiger partial charge is 0.368 e. The van der Waals surface area contributed by atoms with E-state index in [2.05, 4.69) is 16.0 Å². The highest BCUT2D eigenvalue weighted by molar-refractivity contribution is 7.98. The highest BCUT2D eigenvalue weighted by atomic mass is 32.2. The first kappa shape index (κ1) is 27.8. The molecule has 3 aromatic rings. The van der Waals surface area contributed by atoms with Crippen LogP contribution in [0, 0.1) is 0 Å². The molecule has 39 heavy (non-hydrogen) atoms. The highest BCUT2D eigenvalue weighted by Gasteiger charge is 2.42. The third kappa shape index (κ3) is 6.99. The van der Waals surface area contributed by atoms with Crippen LogP contribution < -0.4 is 21.7 Å². The average Bonchev–Trinajstić information content (AvgIpc) is 3.54. The zero-order chi connectivity index (χ0) is 27.9. The van der Waals surface area contributed by atoms with Gasteiger partial charge < -0.3 is 31.2 Å². The molecule has 0 bridgehead atoms. The normalized spacial score (nSPS) is 17.3. The Morgan fingerprint density at radius 2 is 1.82 bits per heavy atom. The van der Waals surface area contributed by atoms with Gasteiger partial charge in [0.05, 0.1) is 6.04 Å². The number of urea groups is 1. The number of thioether (sulfide) groups is 1. The molecule has 0 spiro atoms. The lowest BCUT2D eigenvalue weighted by Gasteiger charge is -2.25. The van der Waals surface area contributed by atoms with Gasteiger partial charge in [-0.25, -0.2) is 4.79 Å². The SMILES string of the molecule is CSc1cccc(NC(=O)N[C@H]2C[C@@H](C(=O)N[C@H](Cc3ccccc3)C(N)=O)N(C(=O)c3cccn3C)C2)c1. The number of nitrogens with two attached hydrogens (primary N) is 1. The number of nitrogens with zero attached hydrogens (tertiary/aromatic N) is 2. The van der Waals surface area contributed by atoms with E-state index in [9.17, 15) is 19.2 Å². The number of primary amides is 1. The quantitative estimate of drug-likeness (QED) is 0.304. The van der Waals surface area contributed by atoms with Crippen LogP contribution in [0.25, 0.3) is 0 Å². The number of anilines is 1. The molecule has 3 atom stereocenters. The minimum atomic E-state index is -0.953. The number of nitrogens with one attached hydrogen (secondary N) is 3. The lowest BCUT2D eigenvalue weighted by atomic mass is 10.0. The number of hydrogen-bond acceptors (Lipinski definition) is 5. The minimum absolute atomic E-state index is 0.125. The summed E-state index contributed by atoms with van der Waals surface area (Å²) in [5.74, 6) is -1.53. The Balaban J connectivity index is 1.49. The first-order valence-electron chi connectivity index (χ1n) is 12.5. The van der Waals surface area contributed by atoms with Crippen molar-refractivity contribution in [1.29, 1.82) is 0 Å².